The van der Waals surface area contributed by atoms with Gasteiger partial charge in [-0.25, -0.2) is 0 Å². The molecule has 7 fully saturated rings. The molecule has 8 bridgehead atoms. The molecule has 28 heavy (non-hydrogen) atoms. The number of hydrogen-bond donors (Lipinski definition) is 0. The average molecular weight is 369 g/mol. The van der Waals surface area contributed by atoms with E-state index in [-0.39, 0.29) is 5.41 Å². The molecule has 0 heteroatoms. The molecule has 2 aromatic rings. The van der Waals surface area contributed by atoms with Crippen LogP contribution >= 0.6 is 0 Å². The van der Waals surface area contributed by atoms with Gasteiger partial charge in [0.2, 0.25) is 0 Å². The van der Waals surface area contributed by atoms with Crippen molar-refractivity contribution in [2.45, 2.75) is 51.4 Å². The van der Waals surface area contributed by atoms with Gasteiger partial charge < -0.3 is 0 Å². The highest BCUT2D eigenvalue weighted by Gasteiger charge is 2.71. The van der Waals surface area contributed by atoms with Crippen LogP contribution in [-0.4, -0.2) is 0 Å². The summed E-state index contributed by atoms with van der Waals surface area (Å²) in [6.07, 6.45) is 7.68. The molecule has 4 unspecified atom stereocenters. The summed E-state index contributed by atoms with van der Waals surface area (Å²) >= 11 is 0. The second-order valence-electron chi connectivity index (χ2n) is 11.2. The highest BCUT2D eigenvalue weighted by molar-refractivity contribution is 5.47. The lowest BCUT2D eigenvalue weighted by Crippen LogP contribution is -2.70. The van der Waals surface area contributed by atoms with Crippen LogP contribution in [0.15, 0.2) is 48.5 Å². The number of benzene rings is 2. The monoisotopic (exact) mass is 368 g/mol. The Hall–Kier alpha value is -1.56. The summed E-state index contributed by atoms with van der Waals surface area (Å²) in [6.45, 7) is 4.48. The Morgan fingerprint density at radius 3 is 1.50 bits per heavy atom. The summed E-state index contributed by atoms with van der Waals surface area (Å²) in [5.41, 5.74) is 6.35. The van der Waals surface area contributed by atoms with E-state index in [1.54, 1.807) is 30.4 Å². The zero-order chi connectivity index (χ0) is 18.6. The molecule has 0 nitrogen and oxygen atoms in total. The fourth-order valence-corrected chi connectivity index (χ4v) is 9.69. The Morgan fingerprint density at radius 2 is 1.00 bits per heavy atom. The van der Waals surface area contributed by atoms with E-state index in [2.05, 4.69) is 62.4 Å². The minimum Gasteiger partial charge on any atom is -0.0590 e. The van der Waals surface area contributed by atoms with Crippen molar-refractivity contribution in [1.82, 2.24) is 0 Å². The van der Waals surface area contributed by atoms with Gasteiger partial charge in [-0.15, -0.1) is 0 Å². The molecule has 0 N–H and O–H groups in total. The molecule has 144 valence electrons. The third-order valence-corrected chi connectivity index (χ3v) is 10.3. The quantitative estimate of drug-likeness (QED) is 0.565. The van der Waals surface area contributed by atoms with Gasteiger partial charge in [0, 0.05) is 5.41 Å². The maximum absolute atomic E-state index is 2.51. The fraction of sp³-hybridized carbons (Fsp3) is 0.571. The van der Waals surface area contributed by atoms with E-state index in [1.165, 1.54) is 24.0 Å². The molecule has 0 spiro atoms. The summed E-state index contributed by atoms with van der Waals surface area (Å²) in [5, 5.41) is 0. The topological polar surface area (TPSA) is 0 Å². The summed E-state index contributed by atoms with van der Waals surface area (Å²) in [6, 6.07) is 19.5. The Labute approximate surface area is 169 Å². The predicted molar refractivity (Wildman–Crippen MR) is 114 cm³/mol. The highest BCUT2D eigenvalue weighted by Crippen LogP contribution is 2.77. The molecule has 4 atom stereocenters. The van der Waals surface area contributed by atoms with Gasteiger partial charge in [-0.3, -0.25) is 0 Å². The molecule has 0 saturated heterocycles. The van der Waals surface area contributed by atoms with Crippen molar-refractivity contribution < 1.29 is 0 Å². The van der Waals surface area contributed by atoms with Gasteiger partial charge in [0.05, 0.1) is 0 Å². The number of hydrogen-bond acceptors (Lipinski definition) is 0. The smallest absolute Gasteiger partial charge is 0.0264 e. The lowest BCUT2D eigenvalue weighted by molar-refractivity contribution is -0.232. The normalized spacial score (nSPS) is 43.6. The molecular formula is C28H32. The Morgan fingerprint density at radius 1 is 0.571 bits per heavy atom. The van der Waals surface area contributed by atoms with Crippen molar-refractivity contribution in [3.05, 3.63) is 70.8 Å². The number of aryl methyl sites for hydroxylation is 2. The Kier molecular flexibility index (Phi) is 3.09. The third-order valence-electron chi connectivity index (χ3n) is 10.3. The van der Waals surface area contributed by atoms with Crippen molar-refractivity contribution in [2.24, 2.45) is 47.3 Å². The van der Waals surface area contributed by atoms with Crippen LogP contribution in [0.3, 0.4) is 0 Å². The van der Waals surface area contributed by atoms with Crippen LogP contribution in [0.4, 0.5) is 0 Å². The molecule has 0 aromatic heterocycles. The fourth-order valence-electron chi connectivity index (χ4n) is 9.69. The number of rotatable bonds is 2. The van der Waals surface area contributed by atoms with Crippen molar-refractivity contribution >= 4 is 0 Å². The van der Waals surface area contributed by atoms with Crippen LogP contribution in [0.1, 0.15) is 54.4 Å². The first-order valence-electron chi connectivity index (χ1n) is 11.8. The lowest BCUT2D eigenvalue weighted by Gasteiger charge is -2.75. The SMILES string of the molecule is Cc1ccc(C2(c3ccc(C)cc3)C3CC4C5CC6CC4C2C(C6)C5C3)cc1. The maximum Gasteiger partial charge on any atom is 0.0264 e. The van der Waals surface area contributed by atoms with Crippen LogP contribution in [0.5, 0.6) is 0 Å². The van der Waals surface area contributed by atoms with Gasteiger partial charge in [0.15, 0.2) is 0 Å². The first kappa shape index (κ1) is 16.3. The van der Waals surface area contributed by atoms with E-state index >= 15 is 0 Å². The van der Waals surface area contributed by atoms with Crippen LogP contribution in [0, 0.1) is 61.2 Å². The average Bonchev–Trinajstić information content (AvgIpc) is 2.72. The van der Waals surface area contributed by atoms with Gasteiger partial charge in [0.1, 0.15) is 0 Å². The largest absolute Gasteiger partial charge is 0.0590 e. The van der Waals surface area contributed by atoms with Gasteiger partial charge >= 0.3 is 0 Å². The molecule has 9 rings (SSSR count). The second kappa shape index (κ2) is 5.32. The van der Waals surface area contributed by atoms with Crippen molar-refractivity contribution in [1.29, 1.82) is 0 Å². The molecule has 0 aliphatic heterocycles. The minimum atomic E-state index is 0.275. The molecule has 0 heterocycles. The zero-order valence-electron chi connectivity index (χ0n) is 17.3. The van der Waals surface area contributed by atoms with Crippen LogP contribution in [0.2, 0.25) is 0 Å². The molecule has 0 amide bonds. The summed E-state index contributed by atoms with van der Waals surface area (Å²) in [4.78, 5) is 0. The van der Waals surface area contributed by atoms with E-state index in [0.717, 1.165) is 47.3 Å². The first-order valence-corrected chi connectivity index (χ1v) is 11.8. The highest BCUT2D eigenvalue weighted by atomic mass is 14.8. The van der Waals surface area contributed by atoms with E-state index in [1.807, 2.05) is 0 Å². The predicted octanol–water partition coefficient (Wildman–Crippen LogP) is 6.54. The van der Waals surface area contributed by atoms with Crippen LogP contribution in [-0.2, 0) is 5.41 Å². The molecule has 7 aliphatic rings. The Balaban J connectivity index is 1.49. The van der Waals surface area contributed by atoms with Gasteiger partial charge in [-0.2, -0.15) is 0 Å². The Bertz CT molecular complexity index is 850. The van der Waals surface area contributed by atoms with Crippen molar-refractivity contribution in [3.63, 3.8) is 0 Å². The summed E-state index contributed by atoms with van der Waals surface area (Å²) < 4.78 is 0. The molecule has 7 saturated carbocycles. The van der Waals surface area contributed by atoms with Gasteiger partial charge in [-0.1, -0.05) is 59.7 Å². The van der Waals surface area contributed by atoms with Crippen molar-refractivity contribution in [2.75, 3.05) is 0 Å². The second-order valence-corrected chi connectivity index (χ2v) is 11.2. The van der Waals surface area contributed by atoms with Crippen molar-refractivity contribution in [3.8, 4) is 0 Å². The first-order chi connectivity index (χ1) is 13.7. The molecule has 2 aromatic carbocycles. The standard InChI is InChI=1S/C28H32/c1-16-3-7-19(8-4-16)28(20-9-5-17(2)6-10-20)21-14-23-22-11-18-12-25(23)27(28)26(13-18)24(22)15-21/h3-10,18,21-27H,11-15H2,1-2H3. The maximum atomic E-state index is 2.51. The van der Waals surface area contributed by atoms with E-state index in [4.69, 9.17) is 0 Å². The van der Waals surface area contributed by atoms with Gasteiger partial charge in [-0.05, 0) is 104 Å². The van der Waals surface area contributed by atoms with Crippen LogP contribution in [0.25, 0.3) is 0 Å². The van der Waals surface area contributed by atoms with Crippen LogP contribution < -0.4 is 0 Å². The molecular weight excluding hydrogens is 336 g/mol. The van der Waals surface area contributed by atoms with Gasteiger partial charge in [0.25, 0.3) is 0 Å². The summed E-state index contributed by atoms with van der Waals surface area (Å²) in [5.74, 6) is 8.03. The summed E-state index contributed by atoms with van der Waals surface area (Å²) in [7, 11) is 0. The van der Waals surface area contributed by atoms with E-state index in [0.29, 0.717) is 0 Å². The third kappa shape index (κ3) is 1.80. The lowest BCUT2D eigenvalue weighted by atomic mass is 9.29. The molecule has 7 aliphatic carbocycles. The zero-order valence-corrected chi connectivity index (χ0v) is 17.3. The molecule has 0 radical (unpaired) electrons. The van der Waals surface area contributed by atoms with E-state index in [9.17, 15) is 0 Å². The van der Waals surface area contributed by atoms with E-state index < -0.39 is 0 Å². The minimum absolute atomic E-state index is 0.275.